The van der Waals surface area contributed by atoms with Crippen LogP contribution in [0.4, 0.5) is 8.78 Å². The maximum Gasteiger partial charge on any atom is 0.358 e. The van der Waals surface area contributed by atoms with E-state index in [9.17, 15) is 13.6 Å². The van der Waals surface area contributed by atoms with Crippen molar-refractivity contribution in [1.29, 1.82) is 0 Å². The van der Waals surface area contributed by atoms with E-state index >= 15 is 0 Å². The van der Waals surface area contributed by atoms with Crippen molar-refractivity contribution in [2.75, 3.05) is 0 Å². The molecule has 1 aliphatic carbocycles. The minimum Gasteiger partial charge on any atom is -0.476 e. The maximum absolute atomic E-state index is 12.5. The monoisotopic (exact) mass is 203 g/mol. The Labute approximate surface area is 77.3 Å². The van der Waals surface area contributed by atoms with Gasteiger partial charge in [0.05, 0.1) is 12.7 Å². The number of nitrogens with zero attached hydrogens (tertiary/aromatic N) is 3. The molecule has 1 aromatic heterocycles. The minimum atomic E-state index is -2.63. The summed E-state index contributed by atoms with van der Waals surface area (Å²) in [6, 6.07) is 0. The Kier molecular flexibility index (Phi) is 1.76. The number of alkyl halides is 2. The number of rotatable bonds is 3. The van der Waals surface area contributed by atoms with Crippen molar-refractivity contribution in [3.8, 4) is 0 Å². The molecule has 0 aromatic carbocycles. The first-order valence-electron chi connectivity index (χ1n) is 4.00. The van der Waals surface area contributed by atoms with Crippen molar-refractivity contribution in [3.63, 3.8) is 0 Å². The van der Waals surface area contributed by atoms with E-state index < -0.39 is 17.8 Å². The Morgan fingerprint density at radius 2 is 2.43 bits per heavy atom. The number of aromatic carboxylic acids is 1. The average Bonchev–Trinajstić information content (AvgIpc) is 2.51. The summed E-state index contributed by atoms with van der Waals surface area (Å²) in [6.07, 6.45) is 0.875. The largest absolute Gasteiger partial charge is 0.476 e. The van der Waals surface area contributed by atoms with Gasteiger partial charge in [0, 0.05) is 12.3 Å². The summed E-state index contributed by atoms with van der Waals surface area (Å²) < 4.78 is 24.9. The van der Waals surface area contributed by atoms with Gasteiger partial charge in [-0.2, -0.15) is 9.90 Å². The van der Waals surface area contributed by atoms with Gasteiger partial charge in [0.2, 0.25) is 0 Å². The van der Waals surface area contributed by atoms with Crippen LogP contribution >= 0.6 is 0 Å². The standard InChI is InChI=1S/C7H7F2N3O2/c8-7(9)1-4(7)3-12-10-2-5(11-12)6(13)14/h2,4H,1,3H2,(H,13,14). The molecule has 1 heterocycles. The van der Waals surface area contributed by atoms with Gasteiger partial charge in [0.25, 0.3) is 5.92 Å². The molecular formula is C7H7F2N3O2. The summed E-state index contributed by atoms with van der Waals surface area (Å²) in [7, 11) is 0. The Balaban J connectivity index is 2.01. The molecule has 1 fully saturated rings. The zero-order valence-corrected chi connectivity index (χ0v) is 7.02. The van der Waals surface area contributed by atoms with E-state index in [1.807, 2.05) is 0 Å². The summed E-state index contributed by atoms with van der Waals surface area (Å²) in [4.78, 5) is 11.4. The van der Waals surface area contributed by atoms with Crippen LogP contribution in [0, 0.1) is 5.92 Å². The average molecular weight is 203 g/mol. The van der Waals surface area contributed by atoms with Crippen molar-refractivity contribution >= 4 is 5.97 Å². The van der Waals surface area contributed by atoms with Crippen LogP contribution in [0.15, 0.2) is 6.20 Å². The molecular weight excluding hydrogens is 196 g/mol. The first-order chi connectivity index (χ1) is 6.49. The Morgan fingerprint density at radius 1 is 1.79 bits per heavy atom. The molecule has 0 aliphatic heterocycles. The van der Waals surface area contributed by atoms with Crippen LogP contribution in [-0.2, 0) is 6.54 Å². The molecule has 0 spiro atoms. The molecule has 0 bridgehead atoms. The number of carboxylic acids is 1. The van der Waals surface area contributed by atoms with E-state index in [0.717, 1.165) is 11.0 Å². The van der Waals surface area contributed by atoms with Crippen molar-refractivity contribution in [3.05, 3.63) is 11.9 Å². The van der Waals surface area contributed by atoms with E-state index in [4.69, 9.17) is 5.11 Å². The highest BCUT2D eigenvalue weighted by molar-refractivity contribution is 5.84. The van der Waals surface area contributed by atoms with Crippen LogP contribution < -0.4 is 0 Å². The van der Waals surface area contributed by atoms with E-state index in [1.54, 1.807) is 0 Å². The van der Waals surface area contributed by atoms with Crippen molar-refractivity contribution in [2.45, 2.75) is 18.9 Å². The predicted octanol–water partition coefficient (Wildman–Crippen LogP) is 0.631. The summed E-state index contributed by atoms with van der Waals surface area (Å²) in [5, 5.41) is 15.6. The third kappa shape index (κ3) is 1.57. The van der Waals surface area contributed by atoms with Gasteiger partial charge in [-0.3, -0.25) is 0 Å². The molecule has 2 rings (SSSR count). The highest BCUT2D eigenvalue weighted by atomic mass is 19.3. The number of hydrogen-bond donors (Lipinski definition) is 1. The molecule has 0 amide bonds. The molecule has 1 aliphatic rings. The van der Waals surface area contributed by atoms with Gasteiger partial charge in [0.1, 0.15) is 0 Å². The van der Waals surface area contributed by atoms with E-state index in [-0.39, 0.29) is 18.7 Å². The first kappa shape index (κ1) is 9.04. The maximum atomic E-state index is 12.5. The molecule has 1 atom stereocenters. The number of hydrogen-bond acceptors (Lipinski definition) is 3. The fourth-order valence-corrected chi connectivity index (χ4v) is 1.15. The lowest BCUT2D eigenvalue weighted by molar-refractivity contribution is 0.0689. The van der Waals surface area contributed by atoms with Crippen LogP contribution in [0.25, 0.3) is 0 Å². The molecule has 76 valence electrons. The van der Waals surface area contributed by atoms with Gasteiger partial charge in [-0.1, -0.05) is 0 Å². The van der Waals surface area contributed by atoms with Crippen LogP contribution in [0.3, 0.4) is 0 Å². The van der Waals surface area contributed by atoms with E-state index in [1.165, 1.54) is 0 Å². The fraction of sp³-hybridized carbons (Fsp3) is 0.571. The number of carboxylic acid groups (broad SMARTS) is 1. The van der Waals surface area contributed by atoms with E-state index in [2.05, 4.69) is 10.2 Å². The molecule has 7 heteroatoms. The Bertz CT molecular complexity index is 377. The summed E-state index contributed by atoms with van der Waals surface area (Å²) in [5.41, 5.74) is -0.228. The van der Waals surface area contributed by atoms with Crippen LogP contribution in [0.1, 0.15) is 16.9 Å². The topological polar surface area (TPSA) is 68.0 Å². The fourth-order valence-electron chi connectivity index (χ4n) is 1.15. The van der Waals surface area contributed by atoms with Gasteiger partial charge < -0.3 is 5.11 Å². The Hall–Kier alpha value is -1.53. The predicted molar refractivity (Wildman–Crippen MR) is 40.0 cm³/mol. The van der Waals surface area contributed by atoms with Crippen LogP contribution in [-0.4, -0.2) is 32.0 Å². The molecule has 1 aromatic rings. The minimum absolute atomic E-state index is 0.0275. The van der Waals surface area contributed by atoms with Gasteiger partial charge in [-0.25, -0.2) is 13.6 Å². The normalized spacial score (nSPS) is 23.4. The Morgan fingerprint density at radius 3 is 2.86 bits per heavy atom. The second-order valence-corrected chi connectivity index (χ2v) is 3.25. The number of aromatic nitrogens is 3. The van der Waals surface area contributed by atoms with Gasteiger partial charge >= 0.3 is 5.97 Å². The lowest BCUT2D eigenvalue weighted by atomic mass is 10.4. The van der Waals surface area contributed by atoms with Crippen molar-refractivity contribution in [2.24, 2.45) is 5.92 Å². The summed E-state index contributed by atoms with van der Waals surface area (Å²) >= 11 is 0. The first-order valence-corrected chi connectivity index (χ1v) is 4.00. The highest BCUT2D eigenvalue weighted by Gasteiger charge is 2.57. The van der Waals surface area contributed by atoms with Crippen LogP contribution in [0.2, 0.25) is 0 Å². The van der Waals surface area contributed by atoms with Crippen molar-refractivity contribution < 1.29 is 18.7 Å². The van der Waals surface area contributed by atoms with Gasteiger partial charge in [0.15, 0.2) is 5.69 Å². The second kappa shape index (κ2) is 2.73. The number of halogens is 2. The molecule has 0 saturated heterocycles. The third-order valence-corrected chi connectivity index (χ3v) is 2.09. The van der Waals surface area contributed by atoms with Gasteiger partial charge in [-0.15, -0.1) is 5.10 Å². The molecule has 0 radical (unpaired) electrons. The SMILES string of the molecule is O=C(O)c1cnn(CC2CC2(F)F)n1. The lowest BCUT2D eigenvalue weighted by Crippen LogP contribution is -2.09. The van der Waals surface area contributed by atoms with Gasteiger partial charge in [-0.05, 0) is 0 Å². The molecule has 1 N–H and O–H groups in total. The zero-order chi connectivity index (χ0) is 10.3. The van der Waals surface area contributed by atoms with Crippen molar-refractivity contribution in [1.82, 2.24) is 15.0 Å². The number of carbonyl (C=O) groups is 1. The smallest absolute Gasteiger partial charge is 0.358 e. The molecule has 1 unspecified atom stereocenters. The molecule has 1 saturated carbocycles. The second-order valence-electron chi connectivity index (χ2n) is 3.25. The van der Waals surface area contributed by atoms with Crippen LogP contribution in [0.5, 0.6) is 0 Å². The lowest BCUT2D eigenvalue weighted by Gasteiger charge is -1.96. The highest BCUT2D eigenvalue weighted by Crippen LogP contribution is 2.49. The third-order valence-electron chi connectivity index (χ3n) is 2.09. The summed E-state index contributed by atoms with van der Waals surface area (Å²) in [5.74, 6) is -4.59. The van der Waals surface area contributed by atoms with E-state index in [0.29, 0.717) is 0 Å². The molecule has 5 nitrogen and oxygen atoms in total. The summed E-state index contributed by atoms with van der Waals surface area (Å²) in [6.45, 7) is -0.0275. The molecule has 14 heavy (non-hydrogen) atoms. The quantitative estimate of drug-likeness (QED) is 0.782. The zero-order valence-electron chi connectivity index (χ0n) is 7.02.